The Bertz CT molecular complexity index is 510. The minimum atomic E-state index is 0.465. The molecule has 0 aliphatic heterocycles. The van der Waals surface area contributed by atoms with E-state index in [1.165, 1.54) is 5.56 Å². The van der Waals surface area contributed by atoms with Crippen molar-refractivity contribution < 1.29 is 4.74 Å². The lowest BCUT2D eigenvalue weighted by atomic mass is 10.0. The van der Waals surface area contributed by atoms with E-state index in [9.17, 15) is 0 Å². The Labute approximate surface area is 108 Å². The summed E-state index contributed by atoms with van der Waals surface area (Å²) in [4.78, 5) is 0. The first-order valence-corrected chi connectivity index (χ1v) is 6.29. The summed E-state index contributed by atoms with van der Waals surface area (Å²) in [5, 5.41) is 4.39. The van der Waals surface area contributed by atoms with E-state index < -0.39 is 0 Å². The van der Waals surface area contributed by atoms with Gasteiger partial charge in [0.2, 0.25) is 0 Å². The minimum Gasteiger partial charge on any atom is -0.487 e. The molecule has 0 saturated heterocycles. The van der Waals surface area contributed by atoms with Crippen LogP contribution in [0.1, 0.15) is 36.7 Å². The molecule has 1 heterocycles. The lowest BCUT2D eigenvalue weighted by Gasteiger charge is -2.12. The number of rotatable bonds is 4. The van der Waals surface area contributed by atoms with Gasteiger partial charge in [-0.2, -0.15) is 5.10 Å². The highest BCUT2D eigenvalue weighted by atomic mass is 16.5. The molecule has 0 aliphatic carbocycles. The highest BCUT2D eigenvalue weighted by Gasteiger charge is 2.08. The number of hydrogen-bond donors (Lipinski definition) is 0. The molecule has 2 rings (SSSR count). The SMILES string of the molecule is Cc1cc(COc2ccccc2C(C)C)nn1C. The van der Waals surface area contributed by atoms with E-state index in [2.05, 4.69) is 31.1 Å². The lowest BCUT2D eigenvalue weighted by molar-refractivity contribution is 0.296. The maximum atomic E-state index is 5.88. The van der Waals surface area contributed by atoms with Gasteiger partial charge in [-0.05, 0) is 30.5 Å². The second-order valence-electron chi connectivity index (χ2n) is 4.88. The summed E-state index contributed by atoms with van der Waals surface area (Å²) in [5.74, 6) is 1.42. The Kier molecular flexibility index (Phi) is 3.70. The summed E-state index contributed by atoms with van der Waals surface area (Å²) >= 11 is 0. The summed E-state index contributed by atoms with van der Waals surface area (Å²) in [6, 6.07) is 10.2. The Hall–Kier alpha value is -1.77. The molecular formula is C15H20N2O. The number of hydrogen-bond acceptors (Lipinski definition) is 2. The Morgan fingerprint density at radius 1 is 1.28 bits per heavy atom. The number of aromatic nitrogens is 2. The van der Waals surface area contributed by atoms with Crippen LogP contribution in [0.4, 0.5) is 0 Å². The predicted molar refractivity (Wildman–Crippen MR) is 72.8 cm³/mol. The zero-order chi connectivity index (χ0) is 13.1. The van der Waals surface area contributed by atoms with E-state index in [1.807, 2.05) is 36.9 Å². The van der Waals surface area contributed by atoms with Crippen LogP contribution < -0.4 is 4.74 Å². The molecule has 0 aliphatic rings. The van der Waals surface area contributed by atoms with Gasteiger partial charge in [0, 0.05) is 12.7 Å². The van der Waals surface area contributed by atoms with Crippen molar-refractivity contribution in [2.24, 2.45) is 7.05 Å². The molecule has 1 aromatic heterocycles. The van der Waals surface area contributed by atoms with E-state index in [0.29, 0.717) is 12.5 Å². The van der Waals surface area contributed by atoms with Crippen LogP contribution in [0.5, 0.6) is 5.75 Å². The van der Waals surface area contributed by atoms with Crippen LogP contribution >= 0.6 is 0 Å². The number of para-hydroxylation sites is 1. The third kappa shape index (κ3) is 2.73. The largest absolute Gasteiger partial charge is 0.487 e. The van der Waals surface area contributed by atoms with Gasteiger partial charge in [0.05, 0.1) is 0 Å². The van der Waals surface area contributed by atoms with Gasteiger partial charge in [-0.25, -0.2) is 0 Å². The van der Waals surface area contributed by atoms with E-state index in [0.717, 1.165) is 17.1 Å². The first-order chi connectivity index (χ1) is 8.58. The quantitative estimate of drug-likeness (QED) is 0.824. The van der Waals surface area contributed by atoms with Crippen molar-refractivity contribution in [2.45, 2.75) is 33.3 Å². The van der Waals surface area contributed by atoms with Gasteiger partial charge in [0.25, 0.3) is 0 Å². The molecule has 0 amide bonds. The van der Waals surface area contributed by atoms with Crippen LogP contribution in [0, 0.1) is 6.92 Å². The fraction of sp³-hybridized carbons (Fsp3) is 0.400. The molecular weight excluding hydrogens is 224 g/mol. The summed E-state index contributed by atoms with van der Waals surface area (Å²) in [6.07, 6.45) is 0. The summed E-state index contributed by atoms with van der Waals surface area (Å²) in [7, 11) is 1.95. The lowest BCUT2D eigenvalue weighted by Crippen LogP contribution is -2.01. The van der Waals surface area contributed by atoms with Crippen molar-refractivity contribution in [2.75, 3.05) is 0 Å². The molecule has 0 N–H and O–H groups in total. The van der Waals surface area contributed by atoms with Crippen molar-refractivity contribution >= 4 is 0 Å². The fourth-order valence-corrected chi connectivity index (χ4v) is 1.95. The van der Waals surface area contributed by atoms with Gasteiger partial charge in [0.1, 0.15) is 18.1 Å². The van der Waals surface area contributed by atoms with Crippen molar-refractivity contribution in [3.8, 4) is 5.75 Å². The molecule has 18 heavy (non-hydrogen) atoms. The van der Waals surface area contributed by atoms with Crippen molar-refractivity contribution in [3.05, 3.63) is 47.3 Å². The minimum absolute atomic E-state index is 0.465. The number of aryl methyl sites for hydroxylation is 2. The molecule has 0 fully saturated rings. The van der Waals surface area contributed by atoms with Gasteiger partial charge in [-0.15, -0.1) is 0 Å². The smallest absolute Gasteiger partial charge is 0.132 e. The topological polar surface area (TPSA) is 27.1 Å². The Morgan fingerprint density at radius 2 is 2.00 bits per heavy atom. The zero-order valence-corrected chi connectivity index (χ0v) is 11.5. The summed E-state index contributed by atoms with van der Waals surface area (Å²) in [5.41, 5.74) is 3.35. The average Bonchev–Trinajstić information content (AvgIpc) is 2.66. The maximum absolute atomic E-state index is 5.88. The molecule has 2 aromatic rings. The standard InChI is InChI=1S/C15H20N2O/c1-11(2)14-7-5-6-8-15(14)18-10-13-9-12(3)17(4)16-13/h5-9,11H,10H2,1-4H3. The number of ether oxygens (including phenoxy) is 1. The monoisotopic (exact) mass is 244 g/mol. The molecule has 0 bridgehead atoms. The van der Waals surface area contributed by atoms with Crippen molar-refractivity contribution in [1.29, 1.82) is 0 Å². The van der Waals surface area contributed by atoms with Crippen molar-refractivity contribution in [1.82, 2.24) is 9.78 Å². The summed E-state index contributed by atoms with van der Waals surface area (Å²) in [6.45, 7) is 6.91. The highest BCUT2D eigenvalue weighted by molar-refractivity contribution is 5.35. The Morgan fingerprint density at radius 3 is 2.61 bits per heavy atom. The first kappa shape index (κ1) is 12.7. The third-order valence-corrected chi connectivity index (χ3v) is 3.08. The maximum Gasteiger partial charge on any atom is 0.132 e. The van der Waals surface area contributed by atoms with E-state index in [-0.39, 0.29) is 0 Å². The molecule has 0 atom stereocenters. The normalized spacial score (nSPS) is 10.9. The van der Waals surface area contributed by atoms with Gasteiger partial charge >= 0.3 is 0 Å². The number of nitrogens with zero attached hydrogens (tertiary/aromatic N) is 2. The number of benzene rings is 1. The molecule has 1 aromatic carbocycles. The Balaban J connectivity index is 2.10. The van der Waals surface area contributed by atoms with Crippen LogP contribution in [0.3, 0.4) is 0 Å². The van der Waals surface area contributed by atoms with Crippen LogP contribution in [-0.4, -0.2) is 9.78 Å². The molecule has 0 unspecified atom stereocenters. The van der Waals surface area contributed by atoms with Gasteiger partial charge < -0.3 is 4.74 Å². The second kappa shape index (κ2) is 5.25. The van der Waals surface area contributed by atoms with Crippen LogP contribution in [0.15, 0.2) is 30.3 Å². The second-order valence-corrected chi connectivity index (χ2v) is 4.88. The predicted octanol–water partition coefficient (Wildman–Crippen LogP) is 3.43. The average molecular weight is 244 g/mol. The first-order valence-electron chi connectivity index (χ1n) is 6.29. The van der Waals surface area contributed by atoms with E-state index in [4.69, 9.17) is 4.74 Å². The van der Waals surface area contributed by atoms with Gasteiger partial charge in [0.15, 0.2) is 0 Å². The van der Waals surface area contributed by atoms with Crippen molar-refractivity contribution in [3.63, 3.8) is 0 Å². The van der Waals surface area contributed by atoms with Gasteiger partial charge in [-0.1, -0.05) is 32.0 Å². The van der Waals surface area contributed by atoms with Crippen LogP contribution in [0.25, 0.3) is 0 Å². The van der Waals surface area contributed by atoms with Crippen LogP contribution in [0.2, 0.25) is 0 Å². The van der Waals surface area contributed by atoms with Gasteiger partial charge in [-0.3, -0.25) is 4.68 Å². The van der Waals surface area contributed by atoms with E-state index in [1.54, 1.807) is 0 Å². The fourth-order valence-electron chi connectivity index (χ4n) is 1.95. The summed E-state index contributed by atoms with van der Waals surface area (Å²) < 4.78 is 7.75. The molecule has 3 heteroatoms. The highest BCUT2D eigenvalue weighted by Crippen LogP contribution is 2.26. The third-order valence-electron chi connectivity index (χ3n) is 3.08. The molecule has 0 saturated carbocycles. The molecule has 0 spiro atoms. The molecule has 96 valence electrons. The van der Waals surface area contributed by atoms with Crippen LogP contribution in [-0.2, 0) is 13.7 Å². The molecule has 3 nitrogen and oxygen atoms in total. The van der Waals surface area contributed by atoms with E-state index >= 15 is 0 Å². The zero-order valence-electron chi connectivity index (χ0n) is 11.5. The molecule has 0 radical (unpaired) electrons.